The Morgan fingerprint density at radius 1 is 1.62 bits per heavy atom. The summed E-state index contributed by atoms with van der Waals surface area (Å²) in [6, 6.07) is 3.73. The van der Waals surface area contributed by atoms with E-state index >= 15 is 0 Å². The Bertz CT molecular complexity index is 258. The number of hydrogen-bond acceptors (Lipinski definition) is 3. The van der Waals surface area contributed by atoms with E-state index in [-0.39, 0.29) is 12.6 Å². The highest BCUT2D eigenvalue weighted by Gasteiger charge is 2.08. The van der Waals surface area contributed by atoms with Crippen molar-refractivity contribution >= 4 is 0 Å². The minimum atomic E-state index is -0.718. The van der Waals surface area contributed by atoms with E-state index in [2.05, 4.69) is 0 Å². The average Bonchev–Trinajstić information content (AvgIpc) is 2.52. The SMILES string of the molecule is CC(N)c1cccn1CC(O)CO. The largest absolute Gasteiger partial charge is 0.394 e. The molecule has 0 bridgehead atoms. The van der Waals surface area contributed by atoms with Crippen molar-refractivity contribution < 1.29 is 10.2 Å². The molecular weight excluding hydrogens is 168 g/mol. The Hall–Kier alpha value is -0.840. The van der Waals surface area contributed by atoms with Gasteiger partial charge < -0.3 is 20.5 Å². The van der Waals surface area contributed by atoms with Gasteiger partial charge >= 0.3 is 0 Å². The molecule has 1 heterocycles. The summed E-state index contributed by atoms with van der Waals surface area (Å²) in [5.41, 5.74) is 6.68. The predicted octanol–water partition coefficient (Wildman–Crippen LogP) is -0.139. The van der Waals surface area contributed by atoms with Crippen LogP contribution in [0, 0.1) is 0 Å². The molecule has 0 aromatic carbocycles. The van der Waals surface area contributed by atoms with Crippen molar-refractivity contribution in [1.29, 1.82) is 0 Å². The Kier molecular flexibility index (Phi) is 3.48. The molecule has 0 radical (unpaired) electrons. The topological polar surface area (TPSA) is 71.4 Å². The molecule has 2 unspecified atom stereocenters. The zero-order valence-corrected chi connectivity index (χ0v) is 7.72. The van der Waals surface area contributed by atoms with Gasteiger partial charge in [-0.25, -0.2) is 0 Å². The van der Waals surface area contributed by atoms with Crippen LogP contribution in [0.15, 0.2) is 18.3 Å². The van der Waals surface area contributed by atoms with Gasteiger partial charge in [0, 0.05) is 17.9 Å². The molecule has 0 saturated carbocycles. The molecule has 4 N–H and O–H groups in total. The smallest absolute Gasteiger partial charge is 0.0949 e. The van der Waals surface area contributed by atoms with E-state index < -0.39 is 6.10 Å². The monoisotopic (exact) mass is 184 g/mol. The van der Waals surface area contributed by atoms with Crippen molar-refractivity contribution in [2.75, 3.05) is 6.61 Å². The maximum Gasteiger partial charge on any atom is 0.0949 e. The summed E-state index contributed by atoms with van der Waals surface area (Å²) in [7, 11) is 0. The highest BCUT2D eigenvalue weighted by molar-refractivity contribution is 5.10. The van der Waals surface area contributed by atoms with Gasteiger partial charge in [0.25, 0.3) is 0 Å². The second-order valence-corrected chi connectivity index (χ2v) is 3.21. The fraction of sp³-hybridized carbons (Fsp3) is 0.556. The number of hydrogen-bond donors (Lipinski definition) is 3. The first kappa shape index (κ1) is 10.2. The van der Waals surface area contributed by atoms with Crippen LogP contribution in [-0.4, -0.2) is 27.5 Å². The van der Waals surface area contributed by atoms with Gasteiger partial charge in [0.2, 0.25) is 0 Å². The molecule has 4 heteroatoms. The van der Waals surface area contributed by atoms with E-state index in [1.165, 1.54) is 0 Å². The summed E-state index contributed by atoms with van der Waals surface area (Å²) < 4.78 is 1.85. The van der Waals surface area contributed by atoms with Crippen LogP contribution < -0.4 is 5.73 Å². The van der Waals surface area contributed by atoms with E-state index in [0.29, 0.717) is 6.54 Å². The molecule has 0 amide bonds. The van der Waals surface area contributed by atoms with Gasteiger partial charge in [0.15, 0.2) is 0 Å². The average molecular weight is 184 g/mol. The summed E-state index contributed by atoms with van der Waals surface area (Å²) in [4.78, 5) is 0. The van der Waals surface area contributed by atoms with Crippen molar-refractivity contribution in [3.8, 4) is 0 Å². The van der Waals surface area contributed by atoms with E-state index in [4.69, 9.17) is 10.8 Å². The molecule has 0 aliphatic heterocycles. The Morgan fingerprint density at radius 2 is 2.31 bits per heavy atom. The van der Waals surface area contributed by atoms with Crippen LogP contribution >= 0.6 is 0 Å². The van der Waals surface area contributed by atoms with Gasteiger partial charge in [-0.05, 0) is 19.1 Å². The second-order valence-electron chi connectivity index (χ2n) is 3.21. The van der Waals surface area contributed by atoms with Gasteiger partial charge in [0.1, 0.15) is 0 Å². The maximum absolute atomic E-state index is 9.22. The first-order chi connectivity index (χ1) is 6.15. The molecular formula is C9H16N2O2. The number of nitrogens with two attached hydrogens (primary N) is 1. The standard InChI is InChI=1S/C9H16N2O2/c1-7(10)9-3-2-4-11(9)5-8(13)6-12/h2-4,7-8,12-13H,5-6,10H2,1H3. The molecule has 4 nitrogen and oxygen atoms in total. The molecule has 74 valence electrons. The molecule has 0 fully saturated rings. The first-order valence-corrected chi connectivity index (χ1v) is 4.34. The molecule has 0 aliphatic carbocycles. The third-order valence-electron chi connectivity index (χ3n) is 1.95. The predicted molar refractivity (Wildman–Crippen MR) is 50.1 cm³/mol. The number of rotatable bonds is 4. The summed E-state index contributed by atoms with van der Waals surface area (Å²) in [6.07, 6.45) is 1.13. The fourth-order valence-electron chi connectivity index (χ4n) is 1.29. The molecule has 1 aromatic rings. The van der Waals surface area contributed by atoms with Crippen molar-refractivity contribution in [1.82, 2.24) is 4.57 Å². The summed E-state index contributed by atoms with van der Waals surface area (Å²) in [5, 5.41) is 17.9. The van der Waals surface area contributed by atoms with Crippen LogP contribution in [0.3, 0.4) is 0 Å². The first-order valence-electron chi connectivity index (χ1n) is 4.34. The summed E-state index contributed by atoms with van der Waals surface area (Å²) in [6.45, 7) is 2.05. The zero-order valence-electron chi connectivity index (χ0n) is 7.72. The Morgan fingerprint density at radius 3 is 2.85 bits per heavy atom. The third-order valence-corrected chi connectivity index (χ3v) is 1.95. The van der Waals surface area contributed by atoms with Crippen molar-refractivity contribution in [3.05, 3.63) is 24.0 Å². The highest BCUT2D eigenvalue weighted by atomic mass is 16.3. The van der Waals surface area contributed by atoms with E-state index in [9.17, 15) is 5.11 Å². The van der Waals surface area contributed by atoms with Crippen molar-refractivity contribution in [2.24, 2.45) is 5.73 Å². The third kappa shape index (κ3) is 2.55. The van der Waals surface area contributed by atoms with Crippen LogP contribution in [0.4, 0.5) is 0 Å². The number of nitrogens with zero attached hydrogens (tertiary/aromatic N) is 1. The van der Waals surface area contributed by atoms with Crippen LogP contribution in [0.25, 0.3) is 0 Å². The normalized spacial score (nSPS) is 15.7. The van der Waals surface area contributed by atoms with Crippen LogP contribution in [0.2, 0.25) is 0 Å². The molecule has 0 aliphatic rings. The maximum atomic E-state index is 9.22. The molecule has 1 rings (SSSR count). The van der Waals surface area contributed by atoms with Crippen molar-refractivity contribution in [2.45, 2.75) is 25.6 Å². The molecule has 13 heavy (non-hydrogen) atoms. The van der Waals surface area contributed by atoms with Crippen LogP contribution in [0.5, 0.6) is 0 Å². The number of aliphatic hydroxyl groups is 2. The molecule has 2 atom stereocenters. The summed E-state index contributed by atoms with van der Waals surface area (Å²) >= 11 is 0. The number of aromatic nitrogens is 1. The van der Waals surface area contributed by atoms with Crippen LogP contribution in [-0.2, 0) is 6.54 Å². The molecule has 1 aromatic heterocycles. The van der Waals surface area contributed by atoms with Gasteiger partial charge in [-0.1, -0.05) is 0 Å². The van der Waals surface area contributed by atoms with E-state index in [1.807, 2.05) is 29.8 Å². The van der Waals surface area contributed by atoms with E-state index in [1.54, 1.807) is 0 Å². The Labute approximate surface area is 77.6 Å². The van der Waals surface area contributed by atoms with Crippen LogP contribution in [0.1, 0.15) is 18.7 Å². The molecule has 0 spiro atoms. The minimum Gasteiger partial charge on any atom is -0.394 e. The van der Waals surface area contributed by atoms with Gasteiger partial charge in [-0.3, -0.25) is 0 Å². The molecule has 0 saturated heterocycles. The second kappa shape index (κ2) is 4.41. The quantitative estimate of drug-likeness (QED) is 0.610. The van der Waals surface area contributed by atoms with Crippen molar-refractivity contribution in [3.63, 3.8) is 0 Å². The Balaban J connectivity index is 2.70. The zero-order chi connectivity index (χ0) is 9.84. The highest BCUT2D eigenvalue weighted by Crippen LogP contribution is 2.10. The fourth-order valence-corrected chi connectivity index (χ4v) is 1.29. The van der Waals surface area contributed by atoms with Gasteiger partial charge in [-0.2, -0.15) is 0 Å². The summed E-state index contributed by atoms with van der Waals surface area (Å²) in [5.74, 6) is 0. The lowest BCUT2D eigenvalue weighted by molar-refractivity contribution is 0.0805. The lowest BCUT2D eigenvalue weighted by atomic mass is 10.2. The van der Waals surface area contributed by atoms with E-state index in [0.717, 1.165) is 5.69 Å². The van der Waals surface area contributed by atoms with Gasteiger partial charge in [-0.15, -0.1) is 0 Å². The lowest BCUT2D eigenvalue weighted by Crippen LogP contribution is -2.22. The van der Waals surface area contributed by atoms with Gasteiger partial charge in [0.05, 0.1) is 19.3 Å². The lowest BCUT2D eigenvalue weighted by Gasteiger charge is -2.14. The minimum absolute atomic E-state index is 0.0547. The number of aliphatic hydroxyl groups excluding tert-OH is 2.